The van der Waals surface area contributed by atoms with Gasteiger partial charge in [-0.1, -0.05) is 37.3 Å². The lowest BCUT2D eigenvalue weighted by Gasteiger charge is -2.33. The summed E-state index contributed by atoms with van der Waals surface area (Å²) in [4.78, 5) is 26.5. The Kier molecular flexibility index (Phi) is 6.96. The summed E-state index contributed by atoms with van der Waals surface area (Å²) in [6.07, 6.45) is 0.533. The number of hydrogen-bond acceptors (Lipinski definition) is 5. The van der Waals surface area contributed by atoms with E-state index in [1.807, 2.05) is 25.1 Å². The molecule has 1 amide bonds. The van der Waals surface area contributed by atoms with Crippen LogP contribution in [0, 0.1) is 0 Å². The number of benzene rings is 1. The van der Waals surface area contributed by atoms with Gasteiger partial charge in [0.25, 0.3) is 0 Å². The number of nitrogens with one attached hydrogen (secondary N) is 1. The molecule has 1 heterocycles. The van der Waals surface area contributed by atoms with Gasteiger partial charge < -0.3 is 14.8 Å². The van der Waals surface area contributed by atoms with Crippen molar-refractivity contribution in [2.75, 3.05) is 26.8 Å². The fourth-order valence-electron chi connectivity index (χ4n) is 2.96. The lowest BCUT2D eigenvalue weighted by atomic mass is 9.98. The standard InChI is InChI=1S/C19H28N2O4/c1-4-19(2,18(23)24-3)20-17(22)12-16-14-21(10-11-25-16)13-15-8-6-5-7-9-15/h5-9,16H,4,10-14H2,1-3H3,(H,20,22). The van der Waals surface area contributed by atoms with Gasteiger partial charge in [-0.2, -0.15) is 0 Å². The summed E-state index contributed by atoms with van der Waals surface area (Å²) < 4.78 is 10.5. The Bertz CT molecular complexity index is 578. The van der Waals surface area contributed by atoms with E-state index in [1.165, 1.54) is 12.7 Å². The minimum Gasteiger partial charge on any atom is -0.467 e. The average Bonchev–Trinajstić information content (AvgIpc) is 2.61. The summed E-state index contributed by atoms with van der Waals surface area (Å²) in [5, 5.41) is 2.79. The van der Waals surface area contributed by atoms with E-state index in [2.05, 4.69) is 22.3 Å². The molecule has 0 aliphatic carbocycles. The van der Waals surface area contributed by atoms with E-state index in [1.54, 1.807) is 6.92 Å². The smallest absolute Gasteiger partial charge is 0.331 e. The molecule has 0 saturated carbocycles. The maximum atomic E-state index is 12.4. The van der Waals surface area contributed by atoms with Crippen LogP contribution in [0.5, 0.6) is 0 Å². The van der Waals surface area contributed by atoms with Gasteiger partial charge in [0.15, 0.2) is 0 Å². The predicted octanol–water partition coefficient (Wildman–Crippen LogP) is 1.74. The summed E-state index contributed by atoms with van der Waals surface area (Å²) in [7, 11) is 1.33. The molecular weight excluding hydrogens is 320 g/mol. The van der Waals surface area contributed by atoms with Crippen molar-refractivity contribution in [3.63, 3.8) is 0 Å². The van der Waals surface area contributed by atoms with Crippen molar-refractivity contribution in [2.45, 2.75) is 44.9 Å². The van der Waals surface area contributed by atoms with Crippen LogP contribution in [0.2, 0.25) is 0 Å². The van der Waals surface area contributed by atoms with Gasteiger partial charge in [-0.25, -0.2) is 4.79 Å². The van der Waals surface area contributed by atoms with Crippen molar-refractivity contribution in [1.29, 1.82) is 0 Å². The highest BCUT2D eigenvalue weighted by atomic mass is 16.5. The van der Waals surface area contributed by atoms with Crippen LogP contribution in [0.15, 0.2) is 30.3 Å². The van der Waals surface area contributed by atoms with Crippen molar-refractivity contribution in [2.24, 2.45) is 0 Å². The molecule has 0 spiro atoms. The van der Waals surface area contributed by atoms with Gasteiger partial charge in [-0.15, -0.1) is 0 Å². The molecule has 2 rings (SSSR count). The molecule has 1 saturated heterocycles. The lowest BCUT2D eigenvalue weighted by Crippen LogP contribution is -2.53. The highest BCUT2D eigenvalue weighted by molar-refractivity contribution is 5.87. The third-order valence-electron chi connectivity index (χ3n) is 4.64. The Hall–Kier alpha value is -1.92. The first-order valence-electron chi connectivity index (χ1n) is 8.74. The van der Waals surface area contributed by atoms with E-state index in [-0.39, 0.29) is 18.4 Å². The van der Waals surface area contributed by atoms with Gasteiger partial charge in [-0.3, -0.25) is 9.69 Å². The molecule has 2 unspecified atom stereocenters. The Morgan fingerprint density at radius 2 is 2.08 bits per heavy atom. The number of hydrogen-bond donors (Lipinski definition) is 1. The zero-order valence-electron chi connectivity index (χ0n) is 15.3. The van der Waals surface area contributed by atoms with Gasteiger partial charge in [0.05, 0.1) is 26.2 Å². The van der Waals surface area contributed by atoms with E-state index >= 15 is 0 Å². The molecule has 0 bridgehead atoms. The number of ether oxygens (including phenoxy) is 2. The summed E-state index contributed by atoms with van der Waals surface area (Å²) >= 11 is 0. The Morgan fingerprint density at radius 1 is 1.36 bits per heavy atom. The molecular formula is C19H28N2O4. The van der Waals surface area contributed by atoms with Crippen molar-refractivity contribution < 1.29 is 19.1 Å². The number of morpholine rings is 1. The minimum atomic E-state index is -0.996. The van der Waals surface area contributed by atoms with Crippen LogP contribution in [0.3, 0.4) is 0 Å². The van der Waals surface area contributed by atoms with E-state index in [0.29, 0.717) is 19.6 Å². The van der Waals surface area contributed by atoms with Crippen molar-refractivity contribution in [1.82, 2.24) is 10.2 Å². The highest BCUT2D eigenvalue weighted by Gasteiger charge is 2.35. The zero-order chi connectivity index (χ0) is 18.3. The molecule has 25 heavy (non-hydrogen) atoms. The molecule has 2 atom stereocenters. The zero-order valence-corrected chi connectivity index (χ0v) is 15.3. The maximum absolute atomic E-state index is 12.4. The van der Waals surface area contributed by atoms with Crippen LogP contribution < -0.4 is 5.32 Å². The van der Waals surface area contributed by atoms with Gasteiger partial charge in [0.1, 0.15) is 5.54 Å². The summed E-state index contributed by atoms with van der Waals surface area (Å²) in [6, 6.07) is 10.3. The second-order valence-electron chi connectivity index (χ2n) is 6.64. The van der Waals surface area contributed by atoms with Crippen LogP contribution in [-0.2, 0) is 25.6 Å². The van der Waals surface area contributed by atoms with Gasteiger partial charge in [0.2, 0.25) is 5.91 Å². The van der Waals surface area contributed by atoms with Crippen LogP contribution in [0.4, 0.5) is 0 Å². The van der Waals surface area contributed by atoms with Crippen LogP contribution in [0.1, 0.15) is 32.3 Å². The van der Waals surface area contributed by atoms with E-state index in [4.69, 9.17) is 9.47 Å². The van der Waals surface area contributed by atoms with E-state index in [0.717, 1.165) is 13.1 Å². The van der Waals surface area contributed by atoms with Gasteiger partial charge in [0, 0.05) is 19.6 Å². The third-order valence-corrected chi connectivity index (χ3v) is 4.64. The van der Waals surface area contributed by atoms with Crippen LogP contribution >= 0.6 is 0 Å². The summed E-state index contributed by atoms with van der Waals surface area (Å²) in [6.45, 7) is 6.52. The molecule has 0 aromatic heterocycles. The second kappa shape index (κ2) is 8.97. The maximum Gasteiger partial charge on any atom is 0.331 e. The van der Waals surface area contributed by atoms with Crippen molar-refractivity contribution in [3.8, 4) is 0 Å². The molecule has 1 aromatic carbocycles. The number of carbonyl (C=O) groups excluding carboxylic acids is 2. The van der Waals surface area contributed by atoms with Crippen LogP contribution in [-0.4, -0.2) is 55.2 Å². The first-order valence-corrected chi connectivity index (χ1v) is 8.74. The molecule has 6 heteroatoms. The normalized spacial score (nSPS) is 20.5. The largest absolute Gasteiger partial charge is 0.467 e. The average molecular weight is 348 g/mol. The number of rotatable bonds is 7. The number of carbonyl (C=O) groups is 2. The first-order chi connectivity index (χ1) is 12.0. The second-order valence-corrected chi connectivity index (χ2v) is 6.64. The quantitative estimate of drug-likeness (QED) is 0.760. The Balaban J connectivity index is 1.87. The molecule has 1 aliphatic heterocycles. The lowest BCUT2D eigenvalue weighted by molar-refractivity contribution is -0.151. The number of nitrogens with zero attached hydrogens (tertiary/aromatic N) is 1. The molecule has 6 nitrogen and oxygen atoms in total. The van der Waals surface area contributed by atoms with Gasteiger partial charge in [-0.05, 0) is 18.9 Å². The first kappa shape index (κ1) is 19.4. The van der Waals surface area contributed by atoms with E-state index < -0.39 is 11.5 Å². The fourth-order valence-corrected chi connectivity index (χ4v) is 2.96. The fraction of sp³-hybridized carbons (Fsp3) is 0.579. The molecule has 1 aliphatic rings. The molecule has 1 N–H and O–H groups in total. The molecule has 138 valence electrons. The molecule has 1 aromatic rings. The Morgan fingerprint density at radius 3 is 2.72 bits per heavy atom. The summed E-state index contributed by atoms with van der Waals surface area (Å²) in [5.41, 5.74) is 0.251. The van der Waals surface area contributed by atoms with Crippen molar-refractivity contribution in [3.05, 3.63) is 35.9 Å². The van der Waals surface area contributed by atoms with Crippen molar-refractivity contribution >= 4 is 11.9 Å². The number of esters is 1. The monoisotopic (exact) mass is 348 g/mol. The minimum absolute atomic E-state index is 0.170. The number of methoxy groups -OCH3 is 1. The SMILES string of the molecule is CCC(C)(NC(=O)CC1CN(Cc2ccccc2)CCO1)C(=O)OC. The molecule has 1 fully saturated rings. The topological polar surface area (TPSA) is 67.9 Å². The summed E-state index contributed by atoms with van der Waals surface area (Å²) in [5.74, 6) is -0.625. The molecule has 0 radical (unpaired) electrons. The highest BCUT2D eigenvalue weighted by Crippen LogP contribution is 2.15. The number of amides is 1. The van der Waals surface area contributed by atoms with Crippen LogP contribution in [0.25, 0.3) is 0 Å². The van der Waals surface area contributed by atoms with E-state index in [9.17, 15) is 9.59 Å². The van der Waals surface area contributed by atoms with Gasteiger partial charge >= 0.3 is 5.97 Å². The predicted molar refractivity (Wildman–Crippen MR) is 94.9 cm³/mol. The Labute approximate surface area is 149 Å². The third kappa shape index (κ3) is 5.54.